The van der Waals surface area contributed by atoms with Crippen LogP contribution >= 0.6 is 0 Å². The van der Waals surface area contributed by atoms with Crippen molar-refractivity contribution in [3.8, 4) is 0 Å². The molecule has 0 N–H and O–H groups in total. The number of rotatable bonds is 4. The molecule has 0 atom stereocenters. The minimum atomic E-state index is -0.222. The van der Waals surface area contributed by atoms with E-state index in [4.69, 9.17) is 4.42 Å². The monoisotopic (exact) mass is 433 g/mol. The van der Waals surface area contributed by atoms with E-state index in [2.05, 4.69) is 21.9 Å². The van der Waals surface area contributed by atoms with Crippen LogP contribution in [0.5, 0.6) is 0 Å². The van der Waals surface area contributed by atoms with E-state index in [0.29, 0.717) is 25.4 Å². The first-order chi connectivity index (χ1) is 15.6. The maximum absolute atomic E-state index is 13.5. The maximum Gasteiger partial charge on any atom is 0.257 e. The molecule has 0 spiro atoms. The van der Waals surface area contributed by atoms with Crippen LogP contribution in [-0.4, -0.2) is 48.4 Å². The van der Waals surface area contributed by atoms with E-state index in [1.165, 1.54) is 17.8 Å². The molecule has 1 amide bonds. The largest absolute Gasteiger partial charge is 0.465 e. The standard InChI is InChI=1S/C26H28FN3O2/c1-19-25(26(31)30-15-13-29(14-16-30)22-5-3-2-4-6-22)23-18-28(12-11-24(23)32-19)17-20-7-9-21(27)10-8-20/h2-10H,11-18H2,1H3. The third-order valence-corrected chi connectivity index (χ3v) is 6.53. The lowest BCUT2D eigenvalue weighted by Gasteiger charge is -2.36. The first-order valence-corrected chi connectivity index (χ1v) is 11.3. The summed E-state index contributed by atoms with van der Waals surface area (Å²) in [5, 5.41) is 0. The zero-order chi connectivity index (χ0) is 22.1. The van der Waals surface area contributed by atoms with Crippen LogP contribution in [0.3, 0.4) is 0 Å². The zero-order valence-corrected chi connectivity index (χ0v) is 18.4. The minimum Gasteiger partial charge on any atom is -0.465 e. The van der Waals surface area contributed by atoms with E-state index < -0.39 is 0 Å². The van der Waals surface area contributed by atoms with E-state index in [0.717, 1.165) is 55.1 Å². The summed E-state index contributed by atoms with van der Waals surface area (Å²) in [6.45, 7) is 7.22. The molecule has 166 valence electrons. The topological polar surface area (TPSA) is 39.9 Å². The van der Waals surface area contributed by atoms with Gasteiger partial charge in [0.05, 0.1) is 5.56 Å². The molecule has 0 saturated carbocycles. The van der Waals surface area contributed by atoms with Crippen molar-refractivity contribution < 1.29 is 13.6 Å². The molecule has 6 heteroatoms. The van der Waals surface area contributed by atoms with Crippen LogP contribution in [-0.2, 0) is 19.5 Å². The van der Waals surface area contributed by atoms with E-state index in [-0.39, 0.29) is 11.7 Å². The van der Waals surface area contributed by atoms with Gasteiger partial charge in [-0.1, -0.05) is 30.3 Å². The molecule has 3 aromatic rings. The lowest BCUT2D eigenvalue weighted by Crippen LogP contribution is -2.49. The Kier molecular flexibility index (Phi) is 5.70. The highest BCUT2D eigenvalue weighted by atomic mass is 19.1. The van der Waals surface area contributed by atoms with E-state index >= 15 is 0 Å². The van der Waals surface area contributed by atoms with E-state index in [9.17, 15) is 9.18 Å². The molecule has 1 saturated heterocycles. The zero-order valence-electron chi connectivity index (χ0n) is 18.4. The molecule has 1 fully saturated rings. The normalized spacial score (nSPS) is 16.8. The molecule has 32 heavy (non-hydrogen) atoms. The lowest BCUT2D eigenvalue weighted by atomic mass is 10.0. The Morgan fingerprint density at radius 1 is 0.969 bits per heavy atom. The van der Waals surface area contributed by atoms with Gasteiger partial charge in [-0.15, -0.1) is 0 Å². The maximum atomic E-state index is 13.5. The van der Waals surface area contributed by atoms with Crippen LogP contribution in [0.1, 0.15) is 33.0 Å². The van der Waals surface area contributed by atoms with Crippen LogP contribution in [0, 0.1) is 12.7 Å². The molecule has 2 aromatic carbocycles. The van der Waals surface area contributed by atoms with Gasteiger partial charge < -0.3 is 14.2 Å². The van der Waals surface area contributed by atoms with Crippen LogP contribution in [0.15, 0.2) is 59.0 Å². The molecule has 0 unspecified atom stereocenters. The molecular formula is C26H28FN3O2. The first kappa shape index (κ1) is 20.8. The second kappa shape index (κ2) is 8.79. The smallest absolute Gasteiger partial charge is 0.257 e. The highest BCUT2D eigenvalue weighted by Crippen LogP contribution is 2.30. The molecule has 0 bridgehead atoms. The van der Waals surface area contributed by atoms with Crippen molar-refractivity contribution in [1.29, 1.82) is 0 Å². The Balaban J connectivity index is 1.28. The van der Waals surface area contributed by atoms with Gasteiger partial charge in [0, 0.05) is 63.5 Å². The van der Waals surface area contributed by atoms with Crippen molar-refractivity contribution in [2.75, 3.05) is 37.6 Å². The number of piperazine rings is 1. The summed E-state index contributed by atoms with van der Waals surface area (Å²) < 4.78 is 19.3. The SMILES string of the molecule is Cc1oc2c(c1C(=O)N1CCN(c3ccccc3)CC1)CN(Cc1ccc(F)cc1)CC2. The van der Waals surface area contributed by atoms with Crippen molar-refractivity contribution in [3.05, 3.63) is 88.6 Å². The Morgan fingerprint density at radius 3 is 2.41 bits per heavy atom. The quantitative estimate of drug-likeness (QED) is 0.617. The number of carbonyl (C=O) groups is 1. The number of hydrogen-bond donors (Lipinski definition) is 0. The predicted molar refractivity (Wildman–Crippen MR) is 122 cm³/mol. The van der Waals surface area contributed by atoms with Crippen LogP contribution < -0.4 is 4.90 Å². The van der Waals surface area contributed by atoms with Crippen molar-refractivity contribution in [2.24, 2.45) is 0 Å². The molecule has 5 nitrogen and oxygen atoms in total. The molecule has 2 aliphatic rings. The molecule has 1 aromatic heterocycles. The summed E-state index contributed by atoms with van der Waals surface area (Å²) in [7, 11) is 0. The number of fused-ring (bicyclic) bond motifs is 1. The fraction of sp³-hybridized carbons (Fsp3) is 0.346. The van der Waals surface area contributed by atoms with Crippen molar-refractivity contribution in [1.82, 2.24) is 9.80 Å². The third kappa shape index (κ3) is 4.15. The number of aryl methyl sites for hydroxylation is 1. The molecule has 5 rings (SSSR count). The van der Waals surface area contributed by atoms with Gasteiger partial charge in [0.2, 0.25) is 0 Å². The summed E-state index contributed by atoms with van der Waals surface area (Å²) in [4.78, 5) is 20.1. The van der Waals surface area contributed by atoms with Gasteiger partial charge in [-0.05, 0) is 36.8 Å². The molecule has 0 radical (unpaired) electrons. The summed E-state index contributed by atoms with van der Waals surface area (Å²) in [6.07, 6.45) is 0.784. The molecule has 2 aliphatic heterocycles. The van der Waals surface area contributed by atoms with Gasteiger partial charge in [-0.25, -0.2) is 4.39 Å². The highest BCUT2D eigenvalue weighted by Gasteiger charge is 2.32. The van der Waals surface area contributed by atoms with Crippen molar-refractivity contribution in [2.45, 2.75) is 26.4 Å². The number of para-hydroxylation sites is 1. The number of benzene rings is 2. The Hall–Kier alpha value is -3.12. The minimum absolute atomic E-state index is 0.0730. The third-order valence-electron chi connectivity index (χ3n) is 6.53. The van der Waals surface area contributed by atoms with Crippen molar-refractivity contribution >= 4 is 11.6 Å². The first-order valence-electron chi connectivity index (χ1n) is 11.3. The second-order valence-electron chi connectivity index (χ2n) is 8.64. The lowest BCUT2D eigenvalue weighted by molar-refractivity contribution is 0.0742. The van der Waals surface area contributed by atoms with E-state index in [1.807, 2.05) is 42.2 Å². The van der Waals surface area contributed by atoms with Crippen molar-refractivity contribution in [3.63, 3.8) is 0 Å². The number of nitrogens with zero attached hydrogens (tertiary/aromatic N) is 3. The molecule has 0 aliphatic carbocycles. The number of anilines is 1. The molecule has 3 heterocycles. The van der Waals surface area contributed by atoms with Gasteiger partial charge in [0.1, 0.15) is 17.3 Å². The van der Waals surface area contributed by atoms with Gasteiger partial charge in [-0.2, -0.15) is 0 Å². The summed E-state index contributed by atoms with van der Waals surface area (Å²) >= 11 is 0. The summed E-state index contributed by atoms with van der Waals surface area (Å²) in [5.74, 6) is 1.50. The van der Waals surface area contributed by atoms with Gasteiger partial charge in [-0.3, -0.25) is 9.69 Å². The number of halogens is 1. The number of amides is 1. The Bertz CT molecular complexity index is 1090. The van der Waals surface area contributed by atoms with Crippen LogP contribution in [0.4, 0.5) is 10.1 Å². The number of furan rings is 1. The molecular weight excluding hydrogens is 405 g/mol. The van der Waals surface area contributed by atoms with Gasteiger partial charge >= 0.3 is 0 Å². The van der Waals surface area contributed by atoms with Gasteiger partial charge in [0.25, 0.3) is 5.91 Å². The average molecular weight is 434 g/mol. The Labute approximate surface area is 188 Å². The van der Waals surface area contributed by atoms with Gasteiger partial charge in [0.15, 0.2) is 0 Å². The summed E-state index contributed by atoms with van der Waals surface area (Å²) in [5.41, 5.74) is 4.02. The predicted octanol–water partition coefficient (Wildman–Crippen LogP) is 4.25. The Morgan fingerprint density at radius 2 is 1.69 bits per heavy atom. The summed E-state index contributed by atoms with van der Waals surface area (Å²) in [6, 6.07) is 17.0. The number of hydrogen-bond acceptors (Lipinski definition) is 4. The highest BCUT2D eigenvalue weighted by molar-refractivity contribution is 5.97. The second-order valence-corrected chi connectivity index (χ2v) is 8.64. The van der Waals surface area contributed by atoms with Crippen LogP contribution in [0.25, 0.3) is 0 Å². The fourth-order valence-electron chi connectivity index (χ4n) is 4.81. The fourth-order valence-corrected chi connectivity index (χ4v) is 4.81. The number of carbonyl (C=O) groups excluding carboxylic acids is 1. The van der Waals surface area contributed by atoms with Crippen LogP contribution in [0.2, 0.25) is 0 Å². The van der Waals surface area contributed by atoms with E-state index in [1.54, 1.807) is 0 Å². The average Bonchev–Trinajstić information content (AvgIpc) is 3.16.